The van der Waals surface area contributed by atoms with Crippen LogP contribution in [0.3, 0.4) is 0 Å². The average molecular weight is 336 g/mol. The lowest BCUT2D eigenvalue weighted by Gasteiger charge is -2.27. The highest BCUT2D eigenvalue weighted by atomic mass is 19.1. The molecule has 0 atom stereocenters. The summed E-state index contributed by atoms with van der Waals surface area (Å²) in [5.41, 5.74) is -0.434. The van der Waals surface area contributed by atoms with Gasteiger partial charge in [-0.1, -0.05) is 72.8 Å². The summed E-state index contributed by atoms with van der Waals surface area (Å²) in [5, 5.41) is 11.2. The number of benzene rings is 3. The van der Waals surface area contributed by atoms with E-state index in [-0.39, 0.29) is 12.4 Å². The van der Waals surface area contributed by atoms with E-state index < -0.39 is 11.6 Å². The smallest absolute Gasteiger partial charge is 0.348 e. The van der Waals surface area contributed by atoms with E-state index >= 15 is 0 Å². The molecule has 0 saturated carbocycles. The fourth-order valence-corrected chi connectivity index (χ4v) is 2.60. The van der Waals surface area contributed by atoms with Gasteiger partial charge in [-0.3, -0.25) is 0 Å². The molecule has 3 nitrogen and oxygen atoms in total. The van der Waals surface area contributed by atoms with Crippen molar-refractivity contribution < 1.29 is 19.0 Å². The van der Waals surface area contributed by atoms with Gasteiger partial charge in [-0.25, -0.2) is 9.18 Å². The number of aliphatic hydroxyl groups is 1. The molecular weight excluding hydrogens is 319 g/mol. The van der Waals surface area contributed by atoms with Gasteiger partial charge >= 0.3 is 5.97 Å². The molecule has 0 aliphatic carbocycles. The second-order valence-electron chi connectivity index (χ2n) is 5.65. The van der Waals surface area contributed by atoms with Crippen molar-refractivity contribution in [3.63, 3.8) is 0 Å². The summed E-state index contributed by atoms with van der Waals surface area (Å²) in [5.74, 6) is -1.14. The van der Waals surface area contributed by atoms with Gasteiger partial charge in [-0.2, -0.15) is 0 Å². The molecule has 0 bridgehead atoms. The highest BCUT2D eigenvalue weighted by molar-refractivity contribution is 5.85. The van der Waals surface area contributed by atoms with E-state index in [1.165, 1.54) is 24.3 Å². The third kappa shape index (κ3) is 3.59. The van der Waals surface area contributed by atoms with Gasteiger partial charge in [0.05, 0.1) is 0 Å². The van der Waals surface area contributed by atoms with Crippen molar-refractivity contribution in [2.45, 2.75) is 12.2 Å². The fourth-order valence-electron chi connectivity index (χ4n) is 2.60. The molecule has 126 valence electrons. The molecule has 4 heteroatoms. The number of hydrogen-bond acceptors (Lipinski definition) is 3. The van der Waals surface area contributed by atoms with Crippen LogP contribution >= 0.6 is 0 Å². The van der Waals surface area contributed by atoms with Crippen molar-refractivity contribution in [3.05, 3.63) is 107 Å². The largest absolute Gasteiger partial charge is 0.458 e. The van der Waals surface area contributed by atoms with E-state index in [1.54, 1.807) is 60.7 Å². The maximum absolute atomic E-state index is 13.0. The standard InChI is InChI=1S/C21H17FO3/c22-19-13-11-16(12-14-19)15-25-20(23)21(24,17-7-3-1-4-8-17)18-9-5-2-6-10-18/h1-14,24H,15H2. The van der Waals surface area contributed by atoms with Crippen LogP contribution in [0.2, 0.25) is 0 Å². The SMILES string of the molecule is O=C(OCc1ccc(F)cc1)C(O)(c1ccccc1)c1ccccc1. The molecule has 0 heterocycles. The van der Waals surface area contributed by atoms with Crippen LogP contribution in [-0.4, -0.2) is 11.1 Å². The van der Waals surface area contributed by atoms with E-state index in [2.05, 4.69) is 0 Å². The van der Waals surface area contributed by atoms with Crippen LogP contribution in [0, 0.1) is 5.82 Å². The van der Waals surface area contributed by atoms with Crippen molar-refractivity contribution in [3.8, 4) is 0 Å². The first-order valence-electron chi connectivity index (χ1n) is 7.86. The van der Waals surface area contributed by atoms with Gasteiger partial charge in [0.15, 0.2) is 0 Å². The van der Waals surface area contributed by atoms with Crippen molar-refractivity contribution in [2.24, 2.45) is 0 Å². The van der Waals surface area contributed by atoms with Gasteiger partial charge < -0.3 is 9.84 Å². The minimum absolute atomic E-state index is 0.0545. The Bertz CT molecular complexity index is 791. The highest BCUT2D eigenvalue weighted by Crippen LogP contribution is 2.31. The summed E-state index contributed by atoms with van der Waals surface area (Å²) in [6.07, 6.45) is 0. The first-order chi connectivity index (χ1) is 12.1. The van der Waals surface area contributed by atoms with Gasteiger partial charge in [0.2, 0.25) is 5.60 Å². The number of esters is 1. The number of carbonyl (C=O) groups is 1. The molecule has 3 aromatic rings. The van der Waals surface area contributed by atoms with Crippen molar-refractivity contribution in [1.82, 2.24) is 0 Å². The lowest BCUT2D eigenvalue weighted by Crippen LogP contribution is -2.38. The number of halogens is 1. The third-order valence-corrected chi connectivity index (χ3v) is 3.96. The number of hydrogen-bond donors (Lipinski definition) is 1. The van der Waals surface area contributed by atoms with Crippen LogP contribution in [-0.2, 0) is 21.7 Å². The quantitative estimate of drug-likeness (QED) is 0.721. The minimum atomic E-state index is -1.91. The molecule has 3 rings (SSSR count). The molecule has 0 saturated heterocycles. The predicted octanol–water partition coefficient (Wildman–Crippen LogP) is 3.81. The summed E-state index contributed by atoms with van der Waals surface area (Å²) in [6, 6.07) is 22.9. The normalized spacial score (nSPS) is 11.1. The molecule has 1 N–H and O–H groups in total. The maximum Gasteiger partial charge on any atom is 0.348 e. The number of carbonyl (C=O) groups excluding carboxylic acids is 1. The topological polar surface area (TPSA) is 46.5 Å². The van der Waals surface area contributed by atoms with E-state index in [0.29, 0.717) is 16.7 Å². The van der Waals surface area contributed by atoms with Crippen LogP contribution < -0.4 is 0 Å². The maximum atomic E-state index is 13.0. The Labute approximate surface area is 145 Å². The zero-order chi connectivity index (χ0) is 17.7. The lowest BCUT2D eigenvalue weighted by atomic mass is 9.86. The Kier molecular flexibility index (Phi) is 4.91. The zero-order valence-electron chi connectivity index (χ0n) is 13.4. The van der Waals surface area contributed by atoms with E-state index in [9.17, 15) is 14.3 Å². The van der Waals surface area contributed by atoms with Crippen LogP contribution in [0.4, 0.5) is 4.39 Å². The minimum Gasteiger partial charge on any atom is -0.458 e. The van der Waals surface area contributed by atoms with E-state index in [1.807, 2.05) is 0 Å². The molecule has 0 amide bonds. The summed E-state index contributed by atoms with van der Waals surface area (Å²) in [6.45, 7) is -0.0545. The zero-order valence-corrected chi connectivity index (χ0v) is 13.4. The molecule has 0 unspecified atom stereocenters. The van der Waals surface area contributed by atoms with Crippen LogP contribution in [0.15, 0.2) is 84.9 Å². The van der Waals surface area contributed by atoms with Gasteiger partial charge in [-0.15, -0.1) is 0 Å². The molecular formula is C21H17FO3. The molecule has 0 aliphatic heterocycles. The Morgan fingerprint density at radius 2 is 1.32 bits per heavy atom. The molecule has 25 heavy (non-hydrogen) atoms. The number of ether oxygens (including phenoxy) is 1. The van der Waals surface area contributed by atoms with E-state index in [0.717, 1.165) is 0 Å². The van der Waals surface area contributed by atoms with E-state index in [4.69, 9.17) is 4.74 Å². The van der Waals surface area contributed by atoms with Crippen LogP contribution in [0.25, 0.3) is 0 Å². The molecule has 0 radical (unpaired) electrons. The first kappa shape index (κ1) is 16.9. The average Bonchev–Trinajstić information content (AvgIpc) is 2.68. The molecule has 0 spiro atoms. The molecule has 0 fully saturated rings. The van der Waals surface area contributed by atoms with Gasteiger partial charge in [0.1, 0.15) is 12.4 Å². The highest BCUT2D eigenvalue weighted by Gasteiger charge is 2.41. The number of rotatable bonds is 5. The summed E-state index contributed by atoms with van der Waals surface area (Å²) < 4.78 is 18.3. The van der Waals surface area contributed by atoms with Crippen molar-refractivity contribution >= 4 is 5.97 Å². The lowest BCUT2D eigenvalue weighted by molar-refractivity contribution is -0.163. The van der Waals surface area contributed by atoms with Gasteiger partial charge in [0, 0.05) is 0 Å². The Balaban J connectivity index is 1.89. The first-order valence-corrected chi connectivity index (χ1v) is 7.86. The van der Waals surface area contributed by atoms with Gasteiger partial charge in [0.25, 0.3) is 0 Å². The van der Waals surface area contributed by atoms with Crippen LogP contribution in [0.5, 0.6) is 0 Å². The van der Waals surface area contributed by atoms with Gasteiger partial charge in [-0.05, 0) is 28.8 Å². The van der Waals surface area contributed by atoms with Crippen molar-refractivity contribution in [2.75, 3.05) is 0 Å². The molecule has 0 aliphatic rings. The second kappa shape index (κ2) is 7.28. The third-order valence-electron chi connectivity index (χ3n) is 3.96. The van der Waals surface area contributed by atoms with Crippen LogP contribution in [0.1, 0.15) is 16.7 Å². The van der Waals surface area contributed by atoms with Crippen molar-refractivity contribution in [1.29, 1.82) is 0 Å². The summed E-state index contributed by atoms with van der Waals surface area (Å²) in [4.78, 5) is 12.8. The molecule has 3 aromatic carbocycles. The predicted molar refractivity (Wildman–Crippen MR) is 92.1 cm³/mol. The summed E-state index contributed by atoms with van der Waals surface area (Å²) >= 11 is 0. The second-order valence-corrected chi connectivity index (χ2v) is 5.65. The fraction of sp³-hybridized carbons (Fsp3) is 0.0952. The summed E-state index contributed by atoms with van der Waals surface area (Å²) in [7, 11) is 0. The molecule has 0 aromatic heterocycles. The Hall–Kier alpha value is -2.98. The Morgan fingerprint density at radius 3 is 1.80 bits per heavy atom. The Morgan fingerprint density at radius 1 is 0.840 bits per heavy atom. The monoisotopic (exact) mass is 336 g/mol.